The third kappa shape index (κ3) is 2.30. The molecule has 102 valence electrons. The minimum absolute atomic E-state index is 0.0609. The molecule has 1 unspecified atom stereocenters. The van der Waals surface area contributed by atoms with Crippen LogP contribution in [0.2, 0.25) is 0 Å². The van der Waals surface area contributed by atoms with Crippen molar-refractivity contribution >= 4 is 11.8 Å². The van der Waals surface area contributed by atoms with E-state index in [4.69, 9.17) is 4.42 Å². The standard InChI is InChI=1S/C15H14N2O3/c18-14-12-5-2-1-4-11(12)10(8-16-14)9-17-15(19)13-6-3-7-20-13/h1-7,10H,8-9H2,(H,16,18)(H,17,19). The fraction of sp³-hybridized carbons (Fsp3) is 0.200. The summed E-state index contributed by atoms with van der Waals surface area (Å²) in [6, 6.07) is 10.8. The molecule has 1 aliphatic heterocycles. The maximum atomic E-state index is 11.8. The zero-order valence-corrected chi connectivity index (χ0v) is 10.8. The topological polar surface area (TPSA) is 71.3 Å². The van der Waals surface area contributed by atoms with E-state index in [9.17, 15) is 9.59 Å². The Hall–Kier alpha value is -2.56. The third-order valence-corrected chi connectivity index (χ3v) is 3.41. The molecule has 2 N–H and O–H groups in total. The highest BCUT2D eigenvalue weighted by Crippen LogP contribution is 2.23. The van der Waals surface area contributed by atoms with Crippen molar-refractivity contribution in [2.75, 3.05) is 13.1 Å². The van der Waals surface area contributed by atoms with E-state index in [0.717, 1.165) is 5.56 Å². The van der Waals surface area contributed by atoms with Crippen molar-refractivity contribution in [2.24, 2.45) is 0 Å². The lowest BCUT2D eigenvalue weighted by molar-refractivity contribution is 0.0919. The summed E-state index contributed by atoms with van der Waals surface area (Å²) in [4.78, 5) is 23.6. The number of rotatable bonds is 3. The smallest absolute Gasteiger partial charge is 0.286 e. The van der Waals surface area contributed by atoms with Crippen LogP contribution in [0, 0.1) is 0 Å². The monoisotopic (exact) mass is 270 g/mol. The van der Waals surface area contributed by atoms with Gasteiger partial charge in [-0.05, 0) is 23.8 Å². The SMILES string of the molecule is O=C(NCC1CNC(=O)c2ccccc21)c1ccco1. The lowest BCUT2D eigenvalue weighted by Crippen LogP contribution is -2.40. The first-order chi connectivity index (χ1) is 9.75. The molecule has 0 radical (unpaired) electrons. The van der Waals surface area contributed by atoms with Crippen molar-refractivity contribution in [3.8, 4) is 0 Å². The summed E-state index contributed by atoms with van der Waals surface area (Å²) in [5, 5.41) is 5.66. The van der Waals surface area contributed by atoms with E-state index in [0.29, 0.717) is 18.7 Å². The Morgan fingerprint density at radius 3 is 2.95 bits per heavy atom. The van der Waals surface area contributed by atoms with E-state index < -0.39 is 0 Å². The summed E-state index contributed by atoms with van der Waals surface area (Å²) in [6.07, 6.45) is 1.46. The minimum Gasteiger partial charge on any atom is -0.459 e. The molecular formula is C15H14N2O3. The van der Waals surface area contributed by atoms with Gasteiger partial charge in [-0.2, -0.15) is 0 Å². The highest BCUT2D eigenvalue weighted by Gasteiger charge is 2.25. The predicted octanol–water partition coefficient (Wildman–Crippen LogP) is 1.54. The summed E-state index contributed by atoms with van der Waals surface area (Å²) in [5.74, 6) is 0.0551. The molecule has 1 atom stereocenters. The molecule has 0 bridgehead atoms. The molecule has 1 aliphatic rings. The van der Waals surface area contributed by atoms with Gasteiger partial charge in [0.2, 0.25) is 0 Å². The van der Waals surface area contributed by atoms with Crippen molar-refractivity contribution in [3.63, 3.8) is 0 Å². The maximum Gasteiger partial charge on any atom is 0.286 e. The summed E-state index contributed by atoms with van der Waals surface area (Å²) < 4.78 is 5.04. The van der Waals surface area contributed by atoms with Crippen LogP contribution in [0.15, 0.2) is 47.1 Å². The Labute approximate surface area is 116 Å². The van der Waals surface area contributed by atoms with Crippen molar-refractivity contribution < 1.29 is 14.0 Å². The van der Waals surface area contributed by atoms with E-state index in [1.165, 1.54) is 6.26 Å². The number of hydrogen-bond acceptors (Lipinski definition) is 3. The number of carbonyl (C=O) groups excluding carboxylic acids is 2. The molecule has 1 aromatic heterocycles. The first-order valence-corrected chi connectivity index (χ1v) is 6.44. The van der Waals surface area contributed by atoms with Crippen LogP contribution in [0.4, 0.5) is 0 Å². The van der Waals surface area contributed by atoms with Gasteiger partial charge in [-0.15, -0.1) is 0 Å². The average molecular weight is 270 g/mol. The molecule has 2 amide bonds. The number of nitrogens with one attached hydrogen (secondary N) is 2. The average Bonchev–Trinajstić information content (AvgIpc) is 3.01. The van der Waals surface area contributed by atoms with Crippen molar-refractivity contribution in [3.05, 3.63) is 59.5 Å². The third-order valence-electron chi connectivity index (χ3n) is 3.41. The molecule has 0 aliphatic carbocycles. The van der Waals surface area contributed by atoms with Crippen LogP contribution in [0.5, 0.6) is 0 Å². The summed E-state index contributed by atoms with van der Waals surface area (Å²) in [7, 11) is 0. The normalized spacial score (nSPS) is 17.2. The molecule has 5 nitrogen and oxygen atoms in total. The zero-order chi connectivity index (χ0) is 13.9. The Bertz CT molecular complexity index is 634. The minimum atomic E-state index is -0.246. The molecular weight excluding hydrogens is 256 g/mol. The van der Waals surface area contributed by atoms with Gasteiger partial charge in [-0.25, -0.2) is 0 Å². The number of hydrogen-bond donors (Lipinski definition) is 2. The first kappa shape index (κ1) is 12.5. The summed E-state index contributed by atoms with van der Waals surface area (Å²) >= 11 is 0. The number of benzene rings is 1. The van der Waals surface area contributed by atoms with Gasteiger partial charge in [0.1, 0.15) is 0 Å². The number of furan rings is 1. The predicted molar refractivity (Wildman–Crippen MR) is 72.6 cm³/mol. The van der Waals surface area contributed by atoms with E-state index in [1.807, 2.05) is 18.2 Å². The first-order valence-electron chi connectivity index (χ1n) is 6.44. The molecule has 1 aromatic carbocycles. The van der Waals surface area contributed by atoms with Gasteiger partial charge < -0.3 is 15.1 Å². The van der Waals surface area contributed by atoms with Crippen molar-refractivity contribution in [2.45, 2.75) is 5.92 Å². The zero-order valence-electron chi connectivity index (χ0n) is 10.8. The fourth-order valence-electron chi connectivity index (χ4n) is 2.37. The van der Waals surface area contributed by atoms with Crippen molar-refractivity contribution in [1.82, 2.24) is 10.6 Å². The van der Waals surface area contributed by atoms with Gasteiger partial charge in [0.25, 0.3) is 11.8 Å². The number of carbonyl (C=O) groups is 2. The second-order valence-corrected chi connectivity index (χ2v) is 4.68. The van der Waals surface area contributed by atoms with E-state index >= 15 is 0 Å². The quantitative estimate of drug-likeness (QED) is 0.888. The van der Waals surface area contributed by atoms with E-state index in [-0.39, 0.29) is 23.5 Å². The highest BCUT2D eigenvalue weighted by atomic mass is 16.3. The van der Waals surface area contributed by atoms with Crippen LogP contribution in [-0.2, 0) is 0 Å². The summed E-state index contributed by atoms with van der Waals surface area (Å²) in [5.41, 5.74) is 1.65. The lowest BCUT2D eigenvalue weighted by atomic mass is 9.90. The highest BCUT2D eigenvalue weighted by molar-refractivity contribution is 5.97. The molecule has 0 saturated carbocycles. The maximum absolute atomic E-state index is 11.8. The molecule has 5 heteroatoms. The largest absolute Gasteiger partial charge is 0.459 e. The Morgan fingerprint density at radius 1 is 1.30 bits per heavy atom. The molecule has 2 heterocycles. The lowest BCUT2D eigenvalue weighted by Gasteiger charge is -2.25. The Balaban J connectivity index is 1.71. The van der Waals surface area contributed by atoms with Gasteiger partial charge >= 0.3 is 0 Å². The second kappa shape index (κ2) is 5.21. The molecule has 2 aromatic rings. The van der Waals surface area contributed by atoms with Crippen molar-refractivity contribution in [1.29, 1.82) is 0 Å². The Morgan fingerprint density at radius 2 is 2.15 bits per heavy atom. The van der Waals surface area contributed by atoms with Crippen LogP contribution in [-0.4, -0.2) is 24.9 Å². The van der Waals surface area contributed by atoms with E-state index in [2.05, 4.69) is 10.6 Å². The van der Waals surface area contributed by atoms with Gasteiger partial charge in [0.05, 0.1) is 6.26 Å². The van der Waals surface area contributed by atoms with Gasteiger partial charge in [-0.1, -0.05) is 18.2 Å². The van der Waals surface area contributed by atoms with Crippen LogP contribution in [0.1, 0.15) is 32.4 Å². The molecule has 0 spiro atoms. The van der Waals surface area contributed by atoms with Crippen LogP contribution in [0.25, 0.3) is 0 Å². The molecule has 20 heavy (non-hydrogen) atoms. The van der Waals surface area contributed by atoms with Gasteiger partial charge in [-0.3, -0.25) is 9.59 Å². The summed E-state index contributed by atoms with van der Waals surface area (Å²) in [6.45, 7) is 0.977. The van der Waals surface area contributed by atoms with Crippen LogP contribution >= 0.6 is 0 Å². The Kier molecular flexibility index (Phi) is 3.25. The molecule has 0 fully saturated rings. The molecule has 0 saturated heterocycles. The number of amides is 2. The fourth-order valence-corrected chi connectivity index (χ4v) is 2.37. The van der Waals surface area contributed by atoms with Gasteiger partial charge in [0, 0.05) is 24.6 Å². The van der Waals surface area contributed by atoms with E-state index in [1.54, 1.807) is 18.2 Å². The van der Waals surface area contributed by atoms with Gasteiger partial charge in [0.15, 0.2) is 5.76 Å². The molecule has 3 rings (SSSR count). The van der Waals surface area contributed by atoms with Crippen LogP contribution < -0.4 is 10.6 Å². The second-order valence-electron chi connectivity index (χ2n) is 4.68. The number of fused-ring (bicyclic) bond motifs is 1. The van der Waals surface area contributed by atoms with Crippen LogP contribution in [0.3, 0.4) is 0 Å².